The summed E-state index contributed by atoms with van der Waals surface area (Å²) in [5, 5.41) is 6.45. The quantitative estimate of drug-likeness (QED) is 0.504. The lowest BCUT2D eigenvalue weighted by Gasteiger charge is -2.11. The lowest BCUT2D eigenvalue weighted by molar-refractivity contribution is 0.251. The Labute approximate surface area is 169 Å². The van der Waals surface area contributed by atoms with Crippen LogP contribution in [0.2, 0.25) is 0 Å². The van der Waals surface area contributed by atoms with Crippen LogP contribution in [0.25, 0.3) is 22.2 Å². The zero-order valence-electron chi connectivity index (χ0n) is 17.1. The first kappa shape index (κ1) is 20.4. The minimum absolute atomic E-state index is 0.280. The molecule has 0 atom stereocenters. The Hall–Kier alpha value is -3.33. The number of anilines is 1. The molecule has 3 aromatic rings. The SMILES string of the molecule is COc1ccnc(OC)c1-c1c[nH]c2nc(NC(=O)NCCCN(C)C)ccc12. The smallest absolute Gasteiger partial charge is 0.320 e. The maximum atomic E-state index is 12.1. The van der Waals surface area contributed by atoms with Crippen molar-refractivity contribution in [3.05, 3.63) is 30.6 Å². The number of amides is 2. The third kappa shape index (κ3) is 4.75. The number of nitrogens with one attached hydrogen (secondary N) is 3. The molecule has 3 heterocycles. The molecule has 3 aromatic heterocycles. The van der Waals surface area contributed by atoms with E-state index >= 15 is 0 Å². The summed E-state index contributed by atoms with van der Waals surface area (Å²) in [4.78, 5) is 26.0. The summed E-state index contributed by atoms with van der Waals surface area (Å²) in [6.07, 6.45) is 4.33. The molecule has 9 heteroatoms. The fourth-order valence-corrected chi connectivity index (χ4v) is 3.04. The first-order valence-corrected chi connectivity index (χ1v) is 9.28. The van der Waals surface area contributed by atoms with Gasteiger partial charge in [-0.15, -0.1) is 0 Å². The molecule has 0 saturated heterocycles. The van der Waals surface area contributed by atoms with Gasteiger partial charge in [0.15, 0.2) is 0 Å². The molecule has 0 aliphatic carbocycles. The summed E-state index contributed by atoms with van der Waals surface area (Å²) in [6, 6.07) is 5.15. The van der Waals surface area contributed by atoms with Gasteiger partial charge in [-0.2, -0.15) is 0 Å². The summed E-state index contributed by atoms with van der Waals surface area (Å²) in [7, 11) is 7.17. The molecular formula is C20H26N6O3. The highest BCUT2D eigenvalue weighted by Gasteiger charge is 2.18. The Morgan fingerprint density at radius 3 is 2.76 bits per heavy atom. The number of carbonyl (C=O) groups is 1. The summed E-state index contributed by atoms with van der Waals surface area (Å²) < 4.78 is 10.9. The van der Waals surface area contributed by atoms with Crippen LogP contribution in [0.15, 0.2) is 30.6 Å². The monoisotopic (exact) mass is 398 g/mol. The molecule has 0 aliphatic rings. The third-order valence-corrected chi connectivity index (χ3v) is 4.41. The van der Waals surface area contributed by atoms with Gasteiger partial charge in [0.2, 0.25) is 5.88 Å². The highest BCUT2D eigenvalue weighted by atomic mass is 16.5. The van der Waals surface area contributed by atoms with E-state index in [0.717, 1.165) is 29.5 Å². The van der Waals surface area contributed by atoms with Crippen LogP contribution < -0.4 is 20.1 Å². The van der Waals surface area contributed by atoms with Crippen LogP contribution in [-0.4, -0.2) is 67.3 Å². The van der Waals surface area contributed by atoms with Crippen molar-refractivity contribution in [3.63, 3.8) is 0 Å². The second-order valence-corrected chi connectivity index (χ2v) is 6.73. The van der Waals surface area contributed by atoms with E-state index in [1.165, 1.54) is 0 Å². The zero-order valence-corrected chi connectivity index (χ0v) is 17.1. The molecule has 3 rings (SSSR count). The first-order chi connectivity index (χ1) is 14.0. The van der Waals surface area contributed by atoms with Crippen molar-refractivity contribution in [1.82, 2.24) is 25.2 Å². The second kappa shape index (κ2) is 9.24. The molecule has 0 radical (unpaired) electrons. The molecule has 2 amide bonds. The van der Waals surface area contributed by atoms with Crippen LogP contribution in [-0.2, 0) is 0 Å². The highest BCUT2D eigenvalue weighted by molar-refractivity contribution is 5.98. The maximum absolute atomic E-state index is 12.1. The van der Waals surface area contributed by atoms with Crippen LogP contribution in [0.3, 0.4) is 0 Å². The van der Waals surface area contributed by atoms with E-state index in [0.29, 0.717) is 29.6 Å². The molecule has 0 fully saturated rings. The van der Waals surface area contributed by atoms with Gasteiger partial charge in [0, 0.05) is 29.9 Å². The number of fused-ring (bicyclic) bond motifs is 1. The van der Waals surface area contributed by atoms with Crippen LogP contribution in [0, 0.1) is 0 Å². The van der Waals surface area contributed by atoms with E-state index in [2.05, 4.69) is 30.5 Å². The second-order valence-electron chi connectivity index (χ2n) is 6.73. The van der Waals surface area contributed by atoms with Crippen molar-refractivity contribution >= 4 is 22.9 Å². The van der Waals surface area contributed by atoms with Crippen LogP contribution in [0.5, 0.6) is 11.6 Å². The number of carbonyl (C=O) groups excluding carboxylic acids is 1. The Morgan fingerprint density at radius 2 is 2.03 bits per heavy atom. The number of pyridine rings is 2. The van der Waals surface area contributed by atoms with Crippen molar-refractivity contribution in [2.45, 2.75) is 6.42 Å². The molecule has 0 aromatic carbocycles. The largest absolute Gasteiger partial charge is 0.496 e. The third-order valence-electron chi connectivity index (χ3n) is 4.41. The first-order valence-electron chi connectivity index (χ1n) is 9.28. The molecule has 29 heavy (non-hydrogen) atoms. The van der Waals surface area contributed by atoms with Gasteiger partial charge in [-0.05, 0) is 45.3 Å². The summed E-state index contributed by atoms with van der Waals surface area (Å²) >= 11 is 0. The van der Waals surface area contributed by atoms with Crippen molar-refractivity contribution in [2.75, 3.05) is 46.7 Å². The molecule has 0 saturated carbocycles. The Kier molecular flexibility index (Phi) is 6.50. The van der Waals surface area contributed by atoms with E-state index in [9.17, 15) is 4.79 Å². The number of urea groups is 1. The number of aromatic amines is 1. The van der Waals surface area contributed by atoms with Gasteiger partial charge in [0.25, 0.3) is 0 Å². The van der Waals surface area contributed by atoms with E-state index in [1.807, 2.05) is 26.4 Å². The molecule has 0 spiro atoms. The van der Waals surface area contributed by atoms with Gasteiger partial charge in [0.1, 0.15) is 17.2 Å². The molecule has 9 nitrogen and oxygen atoms in total. The average Bonchev–Trinajstić information content (AvgIpc) is 3.13. The molecular weight excluding hydrogens is 372 g/mol. The number of methoxy groups -OCH3 is 2. The predicted molar refractivity (Wildman–Crippen MR) is 113 cm³/mol. The molecule has 154 valence electrons. The molecule has 3 N–H and O–H groups in total. The number of rotatable bonds is 8. The maximum Gasteiger partial charge on any atom is 0.320 e. The van der Waals surface area contributed by atoms with Crippen LogP contribution in [0.4, 0.5) is 10.6 Å². The van der Waals surface area contributed by atoms with E-state index in [1.54, 1.807) is 32.5 Å². The minimum atomic E-state index is -0.280. The summed E-state index contributed by atoms with van der Waals surface area (Å²) in [5.74, 6) is 1.57. The lowest BCUT2D eigenvalue weighted by atomic mass is 10.1. The van der Waals surface area contributed by atoms with Gasteiger partial charge in [-0.25, -0.2) is 14.8 Å². The summed E-state index contributed by atoms with van der Waals surface area (Å²) in [5.41, 5.74) is 2.23. The van der Waals surface area contributed by atoms with E-state index in [4.69, 9.17) is 9.47 Å². The van der Waals surface area contributed by atoms with Crippen molar-refractivity contribution in [2.24, 2.45) is 0 Å². The normalized spacial score (nSPS) is 10.9. The van der Waals surface area contributed by atoms with Crippen molar-refractivity contribution < 1.29 is 14.3 Å². The summed E-state index contributed by atoms with van der Waals surface area (Å²) in [6.45, 7) is 1.51. The van der Waals surface area contributed by atoms with E-state index in [-0.39, 0.29) is 6.03 Å². The Morgan fingerprint density at radius 1 is 1.21 bits per heavy atom. The Balaban J connectivity index is 1.78. The number of H-pyrrole nitrogens is 1. The fraction of sp³-hybridized carbons (Fsp3) is 0.350. The molecule has 0 unspecified atom stereocenters. The number of ether oxygens (including phenoxy) is 2. The fourth-order valence-electron chi connectivity index (χ4n) is 3.04. The number of hydrogen-bond donors (Lipinski definition) is 3. The highest BCUT2D eigenvalue weighted by Crippen LogP contribution is 2.40. The lowest BCUT2D eigenvalue weighted by Crippen LogP contribution is -2.31. The predicted octanol–water partition coefficient (Wildman–Crippen LogP) is 2.72. The van der Waals surface area contributed by atoms with Crippen molar-refractivity contribution in [3.8, 4) is 22.8 Å². The number of aromatic nitrogens is 3. The van der Waals surface area contributed by atoms with Gasteiger partial charge >= 0.3 is 6.03 Å². The van der Waals surface area contributed by atoms with E-state index < -0.39 is 0 Å². The minimum Gasteiger partial charge on any atom is -0.496 e. The molecule has 0 bridgehead atoms. The Bertz CT molecular complexity index is 963. The molecule has 0 aliphatic heterocycles. The topological polar surface area (TPSA) is 104 Å². The van der Waals surface area contributed by atoms with Crippen molar-refractivity contribution in [1.29, 1.82) is 0 Å². The van der Waals surface area contributed by atoms with Crippen LogP contribution in [0.1, 0.15) is 6.42 Å². The average molecular weight is 398 g/mol. The van der Waals surface area contributed by atoms with Gasteiger partial charge in [-0.1, -0.05) is 0 Å². The number of nitrogens with zero attached hydrogens (tertiary/aromatic N) is 3. The van der Waals surface area contributed by atoms with Gasteiger partial charge < -0.3 is 24.7 Å². The standard InChI is InChI=1S/C20H26N6O3/c1-26(2)11-5-9-22-20(27)25-16-7-6-13-14(12-23-18(13)24-16)17-15(28-3)8-10-21-19(17)29-4/h6-8,10,12H,5,9,11H2,1-4H3,(H3,22,23,24,25,27). The van der Waals surface area contributed by atoms with Crippen LogP contribution >= 0.6 is 0 Å². The van der Waals surface area contributed by atoms with Gasteiger partial charge in [-0.3, -0.25) is 5.32 Å². The number of hydrogen-bond acceptors (Lipinski definition) is 6. The van der Waals surface area contributed by atoms with Gasteiger partial charge in [0.05, 0.1) is 19.8 Å². The zero-order chi connectivity index (χ0) is 20.8.